The molecular weight excluding hydrogens is 387 g/mol. The summed E-state index contributed by atoms with van der Waals surface area (Å²) in [5, 5.41) is 0. The van der Waals surface area contributed by atoms with Crippen LogP contribution < -0.4 is 9.47 Å². The molecular formula is C21H22F3NO4. The second-order valence-corrected chi connectivity index (χ2v) is 6.82. The van der Waals surface area contributed by atoms with Crippen LogP contribution in [0.15, 0.2) is 54.6 Å². The van der Waals surface area contributed by atoms with E-state index in [0.717, 1.165) is 18.4 Å². The third-order valence-electron chi connectivity index (χ3n) is 4.53. The number of halogens is 3. The van der Waals surface area contributed by atoms with Crippen molar-refractivity contribution < 1.29 is 32.2 Å². The van der Waals surface area contributed by atoms with Crippen LogP contribution in [0.5, 0.6) is 11.5 Å². The molecule has 156 valence electrons. The minimum absolute atomic E-state index is 0.124. The van der Waals surface area contributed by atoms with Gasteiger partial charge in [-0.1, -0.05) is 30.3 Å². The first kappa shape index (κ1) is 20.8. The summed E-state index contributed by atoms with van der Waals surface area (Å²) in [6.07, 6.45) is -3.33. The van der Waals surface area contributed by atoms with Crippen molar-refractivity contribution in [3.63, 3.8) is 0 Å². The minimum Gasteiger partial charge on any atom is -0.493 e. The Hall–Kier alpha value is -2.90. The number of ether oxygens (including phenoxy) is 3. The van der Waals surface area contributed by atoms with E-state index in [1.54, 1.807) is 4.90 Å². The van der Waals surface area contributed by atoms with Crippen LogP contribution in [0.4, 0.5) is 18.0 Å². The fraction of sp³-hybridized carbons (Fsp3) is 0.381. The molecule has 0 N–H and O–H groups in total. The van der Waals surface area contributed by atoms with E-state index in [9.17, 15) is 18.0 Å². The smallest absolute Gasteiger partial charge is 0.493 e. The number of alkyl halides is 3. The molecule has 0 aliphatic carbocycles. The number of benzene rings is 2. The molecule has 1 heterocycles. The van der Waals surface area contributed by atoms with E-state index in [4.69, 9.17) is 9.47 Å². The molecule has 3 rings (SSSR count). The molecule has 1 unspecified atom stereocenters. The summed E-state index contributed by atoms with van der Waals surface area (Å²) in [5.41, 5.74) is 0.927. The fourth-order valence-electron chi connectivity index (χ4n) is 3.13. The summed E-state index contributed by atoms with van der Waals surface area (Å²) >= 11 is 0. The minimum atomic E-state index is -4.72. The molecule has 0 saturated carbocycles. The van der Waals surface area contributed by atoms with Crippen LogP contribution in [0.1, 0.15) is 18.4 Å². The van der Waals surface area contributed by atoms with Crippen molar-refractivity contribution >= 4 is 6.09 Å². The third kappa shape index (κ3) is 6.89. The SMILES string of the molecule is O=C(OCc1ccccc1)N1CCCC(COc2ccc(OC(F)(F)F)cc2)C1. The lowest BCUT2D eigenvalue weighted by Crippen LogP contribution is -2.41. The van der Waals surface area contributed by atoms with Gasteiger partial charge in [0.1, 0.15) is 18.1 Å². The Kier molecular flexibility index (Phi) is 6.85. The number of hydrogen-bond donors (Lipinski definition) is 0. The number of carbonyl (C=O) groups is 1. The number of hydrogen-bond acceptors (Lipinski definition) is 4. The Balaban J connectivity index is 1.44. The lowest BCUT2D eigenvalue weighted by atomic mass is 9.99. The van der Waals surface area contributed by atoms with Crippen molar-refractivity contribution in [1.82, 2.24) is 4.90 Å². The van der Waals surface area contributed by atoms with Gasteiger partial charge in [-0.25, -0.2) is 4.79 Å². The zero-order valence-electron chi connectivity index (χ0n) is 15.7. The van der Waals surface area contributed by atoms with Gasteiger partial charge in [0, 0.05) is 19.0 Å². The first-order chi connectivity index (χ1) is 13.9. The Morgan fingerprint density at radius 2 is 1.72 bits per heavy atom. The summed E-state index contributed by atoms with van der Waals surface area (Å²) in [6, 6.07) is 14.7. The maximum atomic E-state index is 12.3. The number of carbonyl (C=O) groups excluding carboxylic acids is 1. The molecule has 1 saturated heterocycles. The monoisotopic (exact) mass is 409 g/mol. The van der Waals surface area contributed by atoms with Crippen LogP contribution >= 0.6 is 0 Å². The van der Waals surface area contributed by atoms with Crippen LogP contribution in [-0.2, 0) is 11.3 Å². The maximum absolute atomic E-state index is 12.3. The molecule has 8 heteroatoms. The lowest BCUT2D eigenvalue weighted by molar-refractivity contribution is -0.274. The highest BCUT2D eigenvalue weighted by Gasteiger charge is 2.31. The topological polar surface area (TPSA) is 48.0 Å². The average Bonchev–Trinajstić information content (AvgIpc) is 2.71. The Labute approximate surface area is 167 Å². The van der Waals surface area contributed by atoms with Crippen LogP contribution in [0.2, 0.25) is 0 Å². The van der Waals surface area contributed by atoms with E-state index in [2.05, 4.69) is 4.74 Å². The van der Waals surface area contributed by atoms with Gasteiger partial charge in [-0.05, 0) is 42.7 Å². The largest absolute Gasteiger partial charge is 0.573 e. The van der Waals surface area contributed by atoms with Gasteiger partial charge < -0.3 is 19.1 Å². The van der Waals surface area contributed by atoms with Crippen LogP contribution in [0.25, 0.3) is 0 Å². The first-order valence-electron chi connectivity index (χ1n) is 9.33. The summed E-state index contributed by atoms with van der Waals surface area (Å²) < 4.78 is 51.4. The predicted octanol–water partition coefficient (Wildman–Crippen LogP) is 5.01. The zero-order valence-corrected chi connectivity index (χ0v) is 15.7. The van der Waals surface area contributed by atoms with Crippen molar-refractivity contribution in [3.05, 3.63) is 60.2 Å². The number of nitrogens with zero attached hydrogens (tertiary/aromatic N) is 1. The second kappa shape index (κ2) is 9.54. The molecule has 5 nitrogen and oxygen atoms in total. The van der Waals surface area contributed by atoms with Crippen LogP contribution in [0.3, 0.4) is 0 Å². The maximum Gasteiger partial charge on any atom is 0.573 e. The highest BCUT2D eigenvalue weighted by molar-refractivity contribution is 5.67. The fourth-order valence-corrected chi connectivity index (χ4v) is 3.13. The van der Waals surface area contributed by atoms with Gasteiger partial charge in [-0.2, -0.15) is 0 Å². The van der Waals surface area contributed by atoms with Crippen molar-refractivity contribution in [2.24, 2.45) is 5.92 Å². The number of likely N-dealkylation sites (tertiary alicyclic amines) is 1. The Morgan fingerprint density at radius 3 is 2.41 bits per heavy atom. The molecule has 0 aromatic heterocycles. The number of rotatable bonds is 6. The van der Waals surface area contributed by atoms with Gasteiger partial charge >= 0.3 is 12.5 Å². The first-order valence-corrected chi connectivity index (χ1v) is 9.33. The van der Waals surface area contributed by atoms with Crippen molar-refractivity contribution in [3.8, 4) is 11.5 Å². The van der Waals surface area contributed by atoms with Gasteiger partial charge in [-0.15, -0.1) is 13.2 Å². The molecule has 2 aromatic carbocycles. The molecule has 0 radical (unpaired) electrons. The number of amides is 1. The quantitative estimate of drug-likeness (QED) is 0.673. The van der Waals surface area contributed by atoms with Crippen LogP contribution in [0, 0.1) is 5.92 Å². The Bertz CT molecular complexity index is 781. The van der Waals surface area contributed by atoms with E-state index < -0.39 is 6.36 Å². The molecule has 1 aliphatic heterocycles. The Morgan fingerprint density at radius 1 is 1.03 bits per heavy atom. The van der Waals surface area contributed by atoms with E-state index in [1.807, 2.05) is 30.3 Å². The summed E-state index contributed by atoms with van der Waals surface area (Å²) in [7, 11) is 0. The highest BCUT2D eigenvalue weighted by atomic mass is 19.4. The van der Waals surface area contributed by atoms with Gasteiger partial charge in [0.2, 0.25) is 0 Å². The highest BCUT2D eigenvalue weighted by Crippen LogP contribution is 2.25. The summed E-state index contributed by atoms with van der Waals surface area (Å²) in [6.45, 7) is 1.74. The molecule has 1 aliphatic rings. The summed E-state index contributed by atoms with van der Waals surface area (Å²) in [4.78, 5) is 14.0. The zero-order chi connectivity index (χ0) is 20.7. The van der Waals surface area contributed by atoms with Crippen molar-refractivity contribution in [2.75, 3.05) is 19.7 Å². The van der Waals surface area contributed by atoms with Crippen molar-refractivity contribution in [2.45, 2.75) is 25.8 Å². The normalized spacial score (nSPS) is 16.9. The molecule has 1 atom stereocenters. The van der Waals surface area contributed by atoms with E-state index in [-0.39, 0.29) is 24.4 Å². The van der Waals surface area contributed by atoms with E-state index in [1.165, 1.54) is 24.3 Å². The molecule has 1 fully saturated rings. The van der Waals surface area contributed by atoms with Crippen molar-refractivity contribution in [1.29, 1.82) is 0 Å². The van der Waals surface area contributed by atoms with Crippen LogP contribution in [-0.4, -0.2) is 37.1 Å². The third-order valence-corrected chi connectivity index (χ3v) is 4.53. The molecule has 0 bridgehead atoms. The van der Waals surface area contributed by atoms with Gasteiger partial charge in [0.15, 0.2) is 0 Å². The van der Waals surface area contributed by atoms with Gasteiger partial charge in [0.05, 0.1) is 6.61 Å². The van der Waals surface area contributed by atoms with Gasteiger partial charge in [0.25, 0.3) is 0 Å². The van der Waals surface area contributed by atoms with Gasteiger partial charge in [-0.3, -0.25) is 0 Å². The second-order valence-electron chi connectivity index (χ2n) is 6.82. The molecule has 2 aromatic rings. The molecule has 0 spiro atoms. The molecule has 1 amide bonds. The average molecular weight is 409 g/mol. The number of piperidine rings is 1. The van der Waals surface area contributed by atoms with E-state index in [0.29, 0.717) is 25.4 Å². The predicted molar refractivity (Wildman–Crippen MR) is 99.5 cm³/mol. The van der Waals surface area contributed by atoms with E-state index >= 15 is 0 Å². The molecule has 29 heavy (non-hydrogen) atoms. The summed E-state index contributed by atoms with van der Waals surface area (Å²) in [5.74, 6) is 0.275. The lowest BCUT2D eigenvalue weighted by Gasteiger charge is -2.31. The standard InChI is InChI=1S/C21H22F3NO4/c22-21(23,24)29-19-10-8-18(9-11-19)27-15-17-7-4-12-25(13-17)20(26)28-14-16-5-2-1-3-6-16/h1-3,5-6,8-11,17H,4,7,12-15H2.